The van der Waals surface area contributed by atoms with Crippen molar-refractivity contribution in [3.63, 3.8) is 0 Å². The van der Waals surface area contributed by atoms with E-state index in [1.54, 1.807) is 39.5 Å². The monoisotopic (exact) mass is 286 g/mol. The summed E-state index contributed by atoms with van der Waals surface area (Å²) in [6, 6.07) is 10.6. The molecular weight excluding hydrogens is 268 g/mol. The van der Waals surface area contributed by atoms with Crippen molar-refractivity contribution in [3.05, 3.63) is 47.5 Å². The highest BCUT2D eigenvalue weighted by Gasteiger charge is 2.07. The highest BCUT2D eigenvalue weighted by atomic mass is 16.5. The Labute approximate surface area is 124 Å². The lowest BCUT2D eigenvalue weighted by atomic mass is 10.1. The van der Waals surface area contributed by atoms with E-state index in [-0.39, 0.29) is 5.75 Å². The van der Waals surface area contributed by atoms with Gasteiger partial charge in [0.1, 0.15) is 23.0 Å². The largest absolute Gasteiger partial charge is 0.508 e. The normalized spacial score (nSPS) is 10.6. The summed E-state index contributed by atoms with van der Waals surface area (Å²) in [6.45, 7) is 0. The van der Waals surface area contributed by atoms with Crippen molar-refractivity contribution >= 4 is 12.2 Å². The van der Waals surface area contributed by atoms with Gasteiger partial charge < -0.3 is 19.3 Å². The first kappa shape index (κ1) is 14.8. The van der Waals surface area contributed by atoms with Crippen molar-refractivity contribution in [3.8, 4) is 23.0 Å². The summed E-state index contributed by atoms with van der Waals surface area (Å²) in [4.78, 5) is 0. The van der Waals surface area contributed by atoms with Gasteiger partial charge in [0.2, 0.25) is 0 Å². The maximum atomic E-state index is 9.47. The summed E-state index contributed by atoms with van der Waals surface area (Å²) in [5, 5.41) is 9.47. The Kier molecular flexibility index (Phi) is 4.72. The average molecular weight is 286 g/mol. The SMILES string of the molecule is COc1cc(O)ccc1C=Cc1c(OC)cccc1OC. The topological polar surface area (TPSA) is 47.9 Å². The zero-order chi connectivity index (χ0) is 15.2. The highest BCUT2D eigenvalue weighted by Crippen LogP contribution is 2.31. The molecule has 0 saturated carbocycles. The molecule has 0 spiro atoms. The van der Waals surface area contributed by atoms with Crippen LogP contribution >= 0.6 is 0 Å². The molecule has 0 aliphatic rings. The van der Waals surface area contributed by atoms with Crippen molar-refractivity contribution in [2.45, 2.75) is 0 Å². The molecule has 0 aliphatic heterocycles. The van der Waals surface area contributed by atoms with Gasteiger partial charge in [-0.3, -0.25) is 0 Å². The van der Waals surface area contributed by atoms with Crippen LogP contribution in [0.1, 0.15) is 11.1 Å². The second-order valence-electron chi connectivity index (χ2n) is 4.34. The van der Waals surface area contributed by atoms with Gasteiger partial charge in [-0.2, -0.15) is 0 Å². The fraction of sp³-hybridized carbons (Fsp3) is 0.176. The van der Waals surface area contributed by atoms with Gasteiger partial charge in [0.25, 0.3) is 0 Å². The number of hydrogen-bond donors (Lipinski definition) is 1. The lowest BCUT2D eigenvalue weighted by Gasteiger charge is -2.10. The van der Waals surface area contributed by atoms with Crippen LogP contribution in [-0.2, 0) is 0 Å². The zero-order valence-corrected chi connectivity index (χ0v) is 12.3. The number of phenols is 1. The molecule has 0 atom stereocenters. The summed E-state index contributed by atoms with van der Waals surface area (Å²) in [7, 11) is 4.80. The molecule has 0 amide bonds. The molecule has 0 saturated heterocycles. The molecule has 4 heteroatoms. The number of benzene rings is 2. The van der Waals surface area contributed by atoms with Crippen molar-refractivity contribution in [1.82, 2.24) is 0 Å². The number of phenolic OH excluding ortho intramolecular Hbond substituents is 1. The average Bonchev–Trinajstić information content (AvgIpc) is 2.53. The van der Waals surface area contributed by atoms with E-state index in [4.69, 9.17) is 14.2 Å². The van der Waals surface area contributed by atoms with Crippen LogP contribution in [-0.4, -0.2) is 26.4 Å². The Hall–Kier alpha value is -2.62. The minimum absolute atomic E-state index is 0.166. The molecule has 0 aliphatic carbocycles. The summed E-state index contributed by atoms with van der Waals surface area (Å²) < 4.78 is 16.0. The molecule has 4 nitrogen and oxygen atoms in total. The lowest BCUT2D eigenvalue weighted by molar-refractivity contribution is 0.392. The van der Waals surface area contributed by atoms with E-state index in [2.05, 4.69) is 0 Å². The van der Waals surface area contributed by atoms with Crippen LogP contribution in [0.3, 0.4) is 0 Å². The van der Waals surface area contributed by atoms with E-state index >= 15 is 0 Å². The number of aromatic hydroxyl groups is 1. The highest BCUT2D eigenvalue weighted by molar-refractivity contribution is 5.78. The molecular formula is C17H18O4. The van der Waals surface area contributed by atoms with Crippen LogP contribution in [0.4, 0.5) is 0 Å². The van der Waals surface area contributed by atoms with E-state index in [9.17, 15) is 5.11 Å². The van der Waals surface area contributed by atoms with Gasteiger partial charge >= 0.3 is 0 Å². The van der Waals surface area contributed by atoms with Crippen molar-refractivity contribution in [2.24, 2.45) is 0 Å². The molecule has 0 heterocycles. The van der Waals surface area contributed by atoms with Crippen LogP contribution in [0, 0.1) is 0 Å². The molecule has 0 radical (unpaired) electrons. The van der Waals surface area contributed by atoms with Gasteiger partial charge in [-0.25, -0.2) is 0 Å². The molecule has 2 aromatic carbocycles. The second kappa shape index (κ2) is 6.70. The Morgan fingerprint density at radius 1 is 0.810 bits per heavy atom. The molecule has 21 heavy (non-hydrogen) atoms. The Morgan fingerprint density at radius 2 is 1.43 bits per heavy atom. The Balaban J connectivity index is 2.42. The smallest absolute Gasteiger partial charge is 0.129 e. The van der Waals surface area contributed by atoms with E-state index in [1.807, 2.05) is 30.4 Å². The molecule has 2 rings (SSSR count). The van der Waals surface area contributed by atoms with Crippen LogP contribution in [0.25, 0.3) is 12.2 Å². The molecule has 1 N–H and O–H groups in total. The quantitative estimate of drug-likeness (QED) is 0.853. The molecule has 110 valence electrons. The first-order valence-corrected chi connectivity index (χ1v) is 6.45. The van der Waals surface area contributed by atoms with Crippen molar-refractivity contribution < 1.29 is 19.3 Å². The van der Waals surface area contributed by atoms with Gasteiger partial charge in [-0.1, -0.05) is 12.1 Å². The first-order chi connectivity index (χ1) is 10.2. The summed E-state index contributed by atoms with van der Waals surface area (Å²) in [5.41, 5.74) is 1.70. The molecule has 0 bridgehead atoms. The van der Waals surface area contributed by atoms with Gasteiger partial charge in [-0.15, -0.1) is 0 Å². The molecule has 0 unspecified atom stereocenters. The first-order valence-electron chi connectivity index (χ1n) is 6.45. The number of ether oxygens (including phenoxy) is 3. The fourth-order valence-corrected chi connectivity index (χ4v) is 2.05. The maximum Gasteiger partial charge on any atom is 0.129 e. The predicted molar refractivity (Wildman–Crippen MR) is 83.1 cm³/mol. The van der Waals surface area contributed by atoms with Gasteiger partial charge in [0.15, 0.2) is 0 Å². The zero-order valence-electron chi connectivity index (χ0n) is 12.3. The van der Waals surface area contributed by atoms with Gasteiger partial charge in [0, 0.05) is 11.6 Å². The number of rotatable bonds is 5. The molecule has 2 aromatic rings. The lowest BCUT2D eigenvalue weighted by Crippen LogP contribution is -1.92. The fourth-order valence-electron chi connectivity index (χ4n) is 2.05. The van der Waals surface area contributed by atoms with Crippen LogP contribution < -0.4 is 14.2 Å². The van der Waals surface area contributed by atoms with E-state index in [1.165, 1.54) is 0 Å². The third-order valence-corrected chi connectivity index (χ3v) is 3.11. The van der Waals surface area contributed by atoms with Crippen LogP contribution in [0.5, 0.6) is 23.0 Å². The third kappa shape index (κ3) is 3.28. The second-order valence-corrected chi connectivity index (χ2v) is 4.34. The maximum absolute atomic E-state index is 9.47. The van der Waals surface area contributed by atoms with Gasteiger partial charge in [0.05, 0.1) is 26.9 Å². The number of hydrogen-bond acceptors (Lipinski definition) is 4. The minimum Gasteiger partial charge on any atom is -0.508 e. The van der Waals surface area contributed by atoms with Crippen LogP contribution in [0.15, 0.2) is 36.4 Å². The molecule has 0 aromatic heterocycles. The molecule has 0 fully saturated rings. The Morgan fingerprint density at radius 3 is 2.00 bits per heavy atom. The number of methoxy groups -OCH3 is 3. The standard InChI is InChI=1S/C17H18O4/c1-19-15-5-4-6-16(20-2)14(15)10-8-12-7-9-13(18)11-17(12)21-3/h4-11,18H,1-3H3. The van der Waals surface area contributed by atoms with Crippen molar-refractivity contribution in [1.29, 1.82) is 0 Å². The summed E-state index contributed by atoms with van der Waals surface area (Å²) in [5.74, 6) is 2.21. The summed E-state index contributed by atoms with van der Waals surface area (Å²) >= 11 is 0. The summed E-state index contributed by atoms with van der Waals surface area (Å²) in [6.07, 6.45) is 3.78. The van der Waals surface area contributed by atoms with Gasteiger partial charge in [-0.05, 0) is 30.3 Å². The predicted octanol–water partition coefficient (Wildman–Crippen LogP) is 3.59. The minimum atomic E-state index is 0.166. The third-order valence-electron chi connectivity index (χ3n) is 3.11. The van der Waals surface area contributed by atoms with Crippen molar-refractivity contribution in [2.75, 3.05) is 21.3 Å². The van der Waals surface area contributed by atoms with E-state index in [0.29, 0.717) is 5.75 Å². The van der Waals surface area contributed by atoms with E-state index in [0.717, 1.165) is 22.6 Å². The Bertz CT molecular complexity index is 625. The van der Waals surface area contributed by atoms with Crippen LogP contribution in [0.2, 0.25) is 0 Å². The van der Waals surface area contributed by atoms with E-state index < -0.39 is 0 Å².